The van der Waals surface area contributed by atoms with Crippen molar-refractivity contribution >= 4 is 0 Å². The summed E-state index contributed by atoms with van der Waals surface area (Å²) in [6, 6.07) is 0.507. The molecule has 0 fully saturated rings. The highest BCUT2D eigenvalue weighted by Crippen LogP contribution is 2.25. The Bertz CT molecular complexity index is 225. The maximum atomic E-state index is 4.17. The lowest BCUT2D eigenvalue weighted by Gasteiger charge is -2.27. The first-order valence-corrected chi connectivity index (χ1v) is 5.28. The second kappa shape index (κ2) is 4.61. The van der Waals surface area contributed by atoms with Gasteiger partial charge in [0.2, 0.25) is 0 Å². The molecular formula is C12H21N. The zero-order valence-corrected chi connectivity index (χ0v) is 9.11. The molecule has 1 aliphatic rings. The maximum absolute atomic E-state index is 4.17. The summed E-state index contributed by atoms with van der Waals surface area (Å²) in [6.07, 6.45) is 3.52. The summed E-state index contributed by atoms with van der Waals surface area (Å²) in [5, 5.41) is 3.48. The average molecular weight is 179 g/mol. The van der Waals surface area contributed by atoms with E-state index >= 15 is 0 Å². The predicted molar refractivity (Wildman–Crippen MR) is 58.8 cm³/mol. The van der Waals surface area contributed by atoms with Crippen LogP contribution in [0.5, 0.6) is 0 Å². The van der Waals surface area contributed by atoms with Gasteiger partial charge in [0.15, 0.2) is 0 Å². The van der Waals surface area contributed by atoms with E-state index in [0.29, 0.717) is 6.04 Å². The molecule has 0 aromatic carbocycles. The van der Waals surface area contributed by atoms with Crippen LogP contribution < -0.4 is 5.32 Å². The molecule has 0 aliphatic carbocycles. The second-order valence-corrected chi connectivity index (χ2v) is 3.97. The van der Waals surface area contributed by atoms with E-state index in [1.165, 1.54) is 29.6 Å². The van der Waals surface area contributed by atoms with E-state index in [2.05, 4.69) is 32.7 Å². The van der Waals surface area contributed by atoms with Gasteiger partial charge in [0, 0.05) is 6.04 Å². The van der Waals surface area contributed by atoms with Crippen LogP contribution in [0.3, 0.4) is 0 Å². The molecule has 0 aromatic rings. The maximum Gasteiger partial charge on any atom is 0.0293 e. The normalized spacial score (nSPS) is 23.5. The van der Waals surface area contributed by atoms with Crippen molar-refractivity contribution < 1.29 is 0 Å². The van der Waals surface area contributed by atoms with Gasteiger partial charge in [-0.15, -0.1) is 0 Å². The number of hydrogen-bond acceptors (Lipinski definition) is 1. The van der Waals surface area contributed by atoms with Crippen LogP contribution in [0.1, 0.15) is 40.0 Å². The third-order valence-electron chi connectivity index (χ3n) is 2.78. The van der Waals surface area contributed by atoms with E-state index < -0.39 is 0 Å². The highest BCUT2D eigenvalue weighted by atomic mass is 14.9. The zero-order chi connectivity index (χ0) is 9.84. The number of rotatable bonds is 3. The van der Waals surface area contributed by atoms with Crippen LogP contribution in [-0.2, 0) is 0 Å². The summed E-state index contributed by atoms with van der Waals surface area (Å²) in [7, 11) is 0. The van der Waals surface area contributed by atoms with Gasteiger partial charge < -0.3 is 5.32 Å². The van der Waals surface area contributed by atoms with Crippen LogP contribution in [0.4, 0.5) is 0 Å². The van der Waals surface area contributed by atoms with E-state index in [4.69, 9.17) is 0 Å². The molecule has 1 aliphatic heterocycles. The minimum atomic E-state index is 0.507. The van der Waals surface area contributed by atoms with Crippen LogP contribution in [0.15, 0.2) is 23.3 Å². The molecule has 1 unspecified atom stereocenters. The average Bonchev–Trinajstić information content (AvgIpc) is 2.04. The fraction of sp³-hybridized carbons (Fsp3) is 0.667. The van der Waals surface area contributed by atoms with Crippen LogP contribution >= 0.6 is 0 Å². The Kier molecular flexibility index (Phi) is 3.73. The number of nitrogens with one attached hydrogen (secondary N) is 1. The minimum absolute atomic E-state index is 0.507. The Hall–Kier alpha value is -0.560. The summed E-state index contributed by atoms with van der Waals surface area (Å²) in [5.74, 6) is 0. The van der Waals surface area contributed by atoms with E-state index in [9.17, 15) is 0 Å². The quantitative estimate of drug-likeness (QED) is 0.702. The molecule has 0 aromatic heterocycles. The van der Waals surface area contributed by atoms with Gasteiger partial charge in [0.25, 0.3) is 0 Å². The highest BCUT2D eigenvalue weighted by Gasteiger charge is 2.17. The smallest absolute Gasteiger partial charge is 0.0293 e. The van der Waals surface area contributed by atoms with Crippen LogP contribution in [0, 0.1) is 0 Å². The lowest BCUT2D eigenvalue weighted by molar-refractivity contribution is 0.568. The van der Waals surface area contributed by atoms with Crippen molar-refractivity contribution in [3.8, 4) is 0 Å². The highest BCUT2D eigenvalue weighted by molar-refractivity contribution is 5.38. The Morgan fingerprint density at radius 2 is 2.31 bits per heavy atom. The van der Waals surface area contributed by atoms with Crippen LogP contribution in [0.25, 0.3) is 0 Å². The third kappa shape index (κ3) is 2.44. The van der Waals surface area contributed by atoms with E-state index in [1.54, 1.807) is 0 Å². The van der Waals surface area contributed by atoms with Crippen molar-refractivity contribution in [3.05, 3.63) is 23.3 Å². The number of hydrogen-bond donors (Lipinski definition) is 1. The van der Waals surface area contributed by atoms with Crippen molar-refractivity contribution in [1.29, 1.82) is 0 Å². The first-order valence-electron chi connectivity index (χ1n) is 5.28. The van der Waals surface area contributed by atoms with Gasteiger partial charge in [0.1, 0.15) is 0 Å². The lowest BCUT2D eigenvalue weighted by atomic mass is 9.89. The molecule has 0 spiro atoms. The Labute approximate surface area is 81.9 Å². The topological polar surface area (TPSA) is 12.0 Å². The molecule has 74 valence electrons. The Morgan fingerprint density at radius 3 is 2.85 bits per heavy atom. The summed E-state index contributed by atoms with van der Waals surface area (Å²) < 4.78 is 0. The molecule has 1 heteroatoms. The monoisotopic (exact) mass is 179 g/mol. The molecule has 1 N–H and O–H groups in total. The Balaban J connectivity index is 2.78. The molecule has 0 amide bonds. The van der Waals surface area contributed by atoms with Crippen molar-refractivity contribution in [2.75, 3.05) is 6.54 Å². The Morgan fingerprint density at radius 1 is 1.62 bits per heavy atom. The van der Waals surface area contributed by atoms with Gasteiger partial charge in [-0.3, -0.25) is 0 Å². The molecule has 1 rings (SSSR count). The fourth-order valence-electron chi connectivity index (χ4n) is 2.13. The summed E-state index contributed by atoms with van der Waals surface area (Å²) in [4.78, 5) is 0. The third-order valence-corrected chi connectivity index (χ3v) is 2.78. The molecule has 1 atom stereocenters. The van der Waals surface area contributed by atoms with E-state index in [-0.39, 0.29) is 0 Å². The van der Waals surface area contributed by atoms with Crippen molar-refractivity contribution in [1.82, 2.24) is 5.32 Å². The second-order valence-electron chi connectivity index (χ2n) is 3.97. The zero-order valence-electron chi connectivity index (χ0n) is 9.11. The standard InChI is InChI=1S/C12H21N/c1-5-6-9(2)12-10(3)7-8-13-11(12)4/h11,13H,2,5-8H2,1,3-4H3. The van der Waals surface area contributed by atoms with Gasteiger partial charge in [-0.25, -0.2) is 0 Å². The SMILES string of the molecule is C=C(CCC)C1=C(C)CCNC1C. The fourth-order valence-corrected chi connectivity index (χ4v) is 2.13. The molecule has 0 saturated carbocycles. The summed E-state index contributed by atoms with van der Waals surface area (Å²) in [5.41, 5.74) is 4.34. The molecule has 0 saturated heterocycles. The van der Waals surface area contributed by atoms with Crippen molar-refractivity contribution in [3.63, 3.8) is 0 Å². The molecule has 0 radical (unpaired) electrons. The van der Waals surface area contributed by atoms with Gasteiger partial charge in [-0.05, 0) is 38.8 Å². The van der Waals surface area contributed by atoms with Gasteiger partial charge in [-0.1, -0.05) is 31.1 Å². The lowest BCUT2D eigenvalue weighted by Crippen LogP contribution is -2.34. The van der Waals surface area contributed by atoms with Gasteiger partial charge in [-0.2, -0.15) is 0 Å². The predicted octanol–water partition coefficient (Wildman–Crippen LogP) is 3.04. The molecule has 1 nitrogen and oxygen atoms in total. The first-order chi connectivity index (χ1) is 6.16. The van der Waals surface area contributed by atoms with Gasteiger partial charge in [0.05, 0.1) is 0 Å². The van der Waals surface area contributed by atoms with Crippen molar-refractivity contribution in [2.45, 2.75) is 46.1 Å². The van der Waals surface area contributed by atoms with Crippen LogP contribution in [-0.4, -0.2) is 12.6 Å². The van der Waals surface area contributed by atoms with Crippen LogP contribution in [0.2, 0.25) is 0 Å². The molecule has 13 heavy (non-hydrogen) atoms. The molecular weight excluding hydrogens is 158 g/mol. The minimum Gasteiger partial charge on any atom is -0.310 e. The van der Waals surface area contributed by atoms with Crippen molar-refractivity contribution in [2.24, 2.45) is 0 Å². The summed E-state index contributed by atoms with van der Waals surface area (Å²) in [6.45, 7) is 12.0. The molecule has 0 bridgehead atoms. The molecule has 1 heterocycles. The summed E-state index contributed by atoms with van der Waals surface area (Å²) >= 11 is 0. The first kappa shape index (κ1) is 10.5. The van der Waals surface area contributed by atoms with E-state index in [1.807, 2.05) is 0 Å². The van der Waals surface area contributed by atoms with Gasteiger partial charge >= 0.3 is 0 Å². The largest absolute Gasteiger partial charge is 0.310 e. The van der Waals surface area contributed by atoms with E-state index in [0.717, 1.165) is 13.0 Å².